The number of nitrogens with one attached hydrogen (secondary N) is 1. The van der Waals surface area contributed by atoms with Gasteiger partial charge in [-0.15, -0.1) is 0 Å². The molecule has 1 amide bonds. The van der Waals surface area contributed by atoms with Gasteiger partial charge in [-0.25, -0.2) is 0 Å². The van der Waals surface area contributed by atoms with E-state index in [-0.39, 0.29) is 5.91 Å². The van der Waals surface area contributed by atoms with Gasteiger partial charge in [0.2, 0.25) is 5.91 Å². The van der Waals surface area contributed by atoms with Gasteiger partial charge in [-0.3, -0.25) is 4.79 Å². The molecule has 1 fully saturated rings. The van der Waals surface area contributed by atoms with Crippen molar-refractivity contribution in [1.29, 1.82) is 5.26 Å². The second kappa shape index (κ2) is 6.04. The SMILES string of the molecule is N#CC1(C(=O)Nc2ccc(Br)cc2Br)CCOCC1. The van der Waals surface area contributed by atoms with Crippen LogP contribution in [0.2, 0.25) is 0 Å². The van der Waals surface area contributed by atoms with Gasteiger partial charge in [0.1, 0.15) is 5.41 Å². The summed E-state index contributed by atoms with van der Waals surface area (Å²) in [7, 11) is 0. The lowest BCUT2D eigenvalue weighted by molar-refractivity contribution is -0.126. The zero-order valence-electron chi connectivity index (χ0n) is 10.1. The third-order valence-electron chi connectivity index (χ3n) is 3.17. The summed E-state index contributed by atoms with van der Waals surface area (Å²) in [4.78, 5) is 12.3. The van der Waals surface area contributed by atoms with Gasteiger partial charge in [-0.2, -0.15) is 5.26 Å². The Morgan fingerprint density at radius 2 is 2.05 bits per heavy atom. The summed E-state index contributed by atoms with van der Waals surface area (Å²) < 4.78 is 6.91. The third kappa shape index (κ3) is 3.16. The molecule has 1 aliphatic heterocycles. The molecule has 0 bridgehead atoms. The lowest BCUT2D eigenvalue weighted by atomic mass is 9.81. The first-order valence-corrected chi connectivity index (χ1v) is 7.41. The van der Waals surface area contributed by atoms with Gasteiger partial charge < -0.3 is 10.1 Å². The monoisotopic (exact) mass is 386 g/mol. The van der Waals surface area contributed by atoms with Crippen LogP contribution in [0.25, 0.3) is 0 Å². The Kier molecular flexibility index (Phi) is 4.61. The van der Waals surface area contributed by atoms with E-state index in [1.807, 2.05) is 12.1 Å². The van der Waals surface area contributed by atoms with Crippen molar-refractivity contribution in [2.75, 3.05) is 18.5 Å². The van der Waals surface area contributed by atoms with Crippen molar-refractivity contribution in [2.24, 2.45) is 5.41 Å². The highest BCUT2D eigenvalue weighted by Crippen LogP contribution is 2.33. The second-order valence-corrected chi connectivity index (χ2v) is 6.15. The lowest BCUT2D eigenvalue weighted by Gasteiger charge is -2.29. The number of carbonyl (C=O) groups excluding carboxylic acids is 1. The number of hydrogen-bond acceptors (Lipinski definition) is 3. The molecule has 1 heterocycles. The molecule has 4 nitrogen and oxygen atoms in total. The van der Waals surface area contributed by atoms with E-state index in [1.165, 1.54) is 0 Å². The molecule has 0 spiro atoms. The highest BCUT2D eigenvalue weighted by atomic mass is 79.9. The van der Waals surface area contributed by atoms with E-state index in [0.717, 1.165) is 8.95 Å². The maximum atomic E-state index is 12.3. The molecule has 1 aromatic carbocycles. The maximum Gasteiger partial charge on any atom is 0.245 e. The number of carbonyl (C=O) groups is 1. The van der Waals surface area contributed by atoms with Crippen LogP contribution in [0.3, 0.4) is 0 Å². The van der Waals surface area contributed by atoms with Crippen LogP contribution in [-0.2, 0) is 9.53 Å². The normalized spacial score (nSPS) is 17.5. The van der Waals surface area contributed by atoms with Crippen LogP contribution in [0.4, 0.5) is 5.69 Å². The molecule has 19 heavy (non-hydrogen) atoms. The number of benzene rings is 1. The summed E-state index contributed by atoms with van der Waals surface area (Å²) in [6.07, 6.45) is 0.868. The van der Waals surface area contributed by atoms with Gasteiger partial charge in [-0.1, -0.05) is 15.9 Å². The number of halogens is 2. The van der Waals surface area contributed by atoms with Crippen molar-refractivity contribution in [3.8, 4) is 6.07 Å². The standard InChI is InChI=1S/C13H12Br2N2O2/c14-9-1-2-11(10(15)7-9)17-12(18)13(8-16)3-5-19-6-4-13/h1-2,7H,3-6H2,(H,17,18). The number of anilines is 1. The molecule has 2 rings (SSSR count). The van der Waals surface area contributed by atoms with Crippen molar-refractivity contribution < 1.29 is 9.53 Å². The summed E-state index contributed by atoms with van der Waals surface area (Å²) in [6, 6.07) is 7.62. The van der Waals surface area contributed by atoms with Crippen LogP contribution in [0.15, 0.2) is 27.1 Å². The van der Waals surface area contributed by atoms with Crippen LogP contribution < -0.4 is 5.32 Å². The Balaban J connectivity index is 2.18. The number of amides is 1. The van der Waals surface area contributed by atoms with Crippen molar-refractivity contribution in [2.45, 2.75) is 12.8 Å². The number of hydrogen-bond donors (Lipinski definition) is 1. The van der Waals surface area contributed by atoms with Gasteiger partial charge >= 0.3 is 0 Å². The molecule has 100 valence electrons. The summed E-state index contributed by atoms with van der Waals surface area (Å²) >= 11 is 6.74. The molecule has 1 aromatic rings. The van der Waals surface area contributed by atoms with E-state index in [4.69, 9.17) is 4.74 Å². The van der Waals surface area contributed by atoms with Crippen LogP contribution >= 0.6 is 31.9 Å². The minimum atomic E-state index is -0.981. The summed E-state index contributed by atoms with van der Waals surface area (Å²) in [5.41, 5.74) is -0.320. The Morgan fingerprint density at radius 3 is 2.63 bits per heavy atom. The topological polar surface area (TPSA) is 62.1 Å². The average Bonchev–Trinajstić information content (AvgIpc) is 2.42. The third-order valence-corrected chi connectivity index (χ3v) is 4.32. The van der Waals surface area contributed by atoms with Gasteiger partial charge in [0.25, 0.3) is 0 Å². The van der Waals surface area contributed by atoms with Crippen LogP contribution in [0, 0.1) is 16.7 Å². The number of nitriles is 1. The van der Waals surface area contributed by atoms with E-state index in [0.29, 0.717) is 31.7 Å². The molecule has 1 aliphatic rings. The molecular weight excluding hydrogens is 376 g/mol. The molecule has 1 saturated heterocycles. The predicted molar refractivity (Wildman–Crippen MR) is 78.6 cm³/mol. The Morgan fingerprint density at radius 1 is 1.37 bits per heavy atom. The first-order chi connectivity index (χ1) is 9.07. The van der Waals surface area contributed by atoms with Crippen LogP contribution in [0.5, 0.6) is 0 Å². The molecule has 0 saturated carbocycles. The fraction of sp³-hybridized carbons (Fsp3) is 0.385. The minimum absolute atomic E-state index is 0.263. The zero-order valence-corrected chi connectivity index (χ0v) is 13.3. The van der Waals surface area contributed by atoms with E-state index in [9.17, 15) is 10.1 Å². The molecule has 0 unspecified atom stereocenters. The molecule has 6 heteroatoms. The van der Waals surface area contributed by atoms with E-state index >= 15 is 0 Å². The maximum absolute atomic E-state index is 12.3. The summed E-state index contributed by atoms with van der Waals surface area (Å²) in [6.45, 7) is 0.894. The molecular formula is C13H12Br2N2O2. The smallest absolute Gasteiger partial charge is 0.245 e. The quantitative estimate of drug-likeness (QED) is 0.844. The largest absolute Gasteiger partial charge is 0.381 e. The van der Waals surface area contributed by atoms with Gasteiger partial charge in [-0.05, 0) is 47.0 Å². The number of rotatable bonds is 2. The number of nitrogens with zero attached hydrogens (tertiary/aromatic N) is 1. The van der Waals surface area contributed by atoms with E-state index < -0.39 is 5.41 Å². The van der Waals surface area contributed by atoms with E-state index in [2.05, 4.69) is 43.2 Å². The molecule has 1 N–H and O–H groups in total. The summed E-state index contributed by atoms with van der Waals surface area (Å²) in [5, 5.41) is 12.1. The van der Waals surface area contributed by atoms with Crippen molar-refractivity contribution >= 4 is 43.5 Å². The highest BCUT2D eigenvalue weighted by molar-refractivity contribution is 9.11. The predicted octanol–water partition coefficient (Wildman–Crippen LogP) is 3.47. The van der Waals surface area contributed by atoms with Crippen molar-refractivity contribution in [3.05, 3.63) is 27.1 Å². The van der Waals surface area contributed by atoms with Crippen LogP contribution in [-0.4, -0.2) is 19.1 Å². The first kappa shape index (κ1) is 14.5. The fourth-order valence-corrected chi connectivity index (χ4v) is 3.09. The van der Waals surface area contributed by atoms with E-state index in [1.54, 1.807) is 6.07 Å². The summed E-state index contributed by atoms with van der Waals surface area (Å²) in [5.74, 6) is -0.263. The average molecular weight is 388 g/mol. The Bertz CT molecular complexity index is 534. The Labute approximate surface area is 128 Å². The van der Waals surface area contributed by atoms with Gasteiger partial charge in [0, 0.05) is 22.2 Å². The molecule has 0 atom stereocenters. The highest BCUT2D eigenvalue weighted by Gasteiger charge is 2.40. The zero-order chi connectivity index (χ0) is 13.9. The second-order valence-electron chi connectivity index (χ2n) is 4.38. The minimum Gasteiger partial charge on any atom is -0.381 e. The van der Waals surface area contributed by atoms with Crippen LogP contribution in [0.1, 0.15) is 12.8 Å². The number of ether oxygens (including phenoxy) is 1. The molecule has 0 aliphatic carbocycles. The first-order valence-electron chi connectivity index (χ1n) is 5.83. The van der Waals surface area contributed by atoms with Gasteiger partial charge in [0.15, 0.2) is 0 Å². The van der Waals surface area contributed by atoms with Gasteiger partial charge in [0.05, 0.1) is 11.8 Å². The Hall–Kier alpha value is -0.900. The fourth-order valence-electron chi connectivity index (χ4n) is 1.94. The lowest BCUT2D eigenvalue weighted by Crippen LogP contribution is -2.40. The molecule has 0 aromatic heterocycles. The van der Waals surface area contributed by atoms with Crippen molar-refractivity contribution in [1.82, 2.24) is 0 Å². The van der Waals surface area contributed by atoms with Crippen molar-refractivity contribution in [3.63, 3.8) is 0 Å². The molecule has 0 radical (unpaired) electrons.